The maximum atomic E-state index is 11.7. The molecule has 5 nitrogen and oxygen atoms in total. The molecule has 0 aliphatic rings. The van der Waals surface area contributed by atoms with Crippen LogP contribution < -0.4 is 5.32 Å². The van der Waals surface area contributed by atoms with E-state index in [1.807, 2.05) is 31.2 Å². The summed E-state index contributed by atoms with van der Waals surface area (Å²) in [6.45, 7) is 3.21. The zero-order chi connectivity index (χ0) is 14.5. The first-order valence-corrected chi connectivity index (χ1v) is 7.37. The number of rotatable bonds is 6. The molecule has 1 aromatic heterocycles. The number of ether oxygens (including phenoxy) is 1. The number of aromatic nitrogens is 2. The highest BCUT2D eigenvalue weighted by Gasteiger charge is 2.18. The van der Waals surface area contributed by atoms with E-state index in [2.05, 4.69) is 14.9 Å². The van der Waals surface area contributed by atoms with Gasteiger partial charge in [0.1, 0.15) is 0 Å². The zero-order valence-electron chi connectivity index (χ0n) is 11.9. The van der Waals surface area contributed by atoms with Gasteiger partial charge < -0.3 is 14.6 Å². The van der Waals surface area contributed by atoms with Crippen molar-refractivity contribution >= 4 is 28.7 Å². The van der Waals surface area contributed by atoms with Crippen LogP contribution in [0.15, 0.2) is 29.4 Å². The lowest BCUT2D eigenvalue weighted by molar-refractivity contribution is -0.119. The minimum Gasteiger partial charge on any atom is -0.383 e. The van der Waals surface area contributed by atoms with E-state index in [1.165, 1.54) is 11.8 Å². The lowest BCUT2D eigenvalue weighted by Crippen LogP contribution is -2.27. The van der Waals surface area contributed by atoms with Gasteiger partial charge in [0, 0.05) is 20.7 Å². The maximum absolute atomic E-state index is 11.7. The first kappa shape index (κ1) is 14.9. The smallest absolute Gasteiger partial charge is 0.233 e. The Hall–Kier alpha value is -1.53. The van der Waals surface area contributed by atoms with Crippen LogP contribution in [0.2, 0.25) is 0 Å². The van der Waals surface area contributed by atoms with Crippen LogP contribution >= 0.6 is 11.8 Å². The number of thioether (sulfide) groups is 1. The predicted molar refractivity (Wildman–Crippen MR) is 81.0 cm³/mol. The summed E-state index contributed by atoms with van der Waals surface area (Å²) in [5.41, 5.74) is 2.01. The number of para-hydroxylation sites is 2. The standard InChI is InChI=1S/C14H19N3O2S/c1-10(13(18)15-2)20-14-16-11-6-4-5-7-12(11)17(14)8-9-19-3/h4-7,10H,8-9H2,1-3H3,(H,15,18). The summed E-state index contributed by atoms with van der Waals surface area (Å²) >= 11 is 1.46. The molecule has 1 heterocycles. The Kier molecular flexibility index (Phi) is 5.03. The molecule has 1 unspecified atom stereocenters. The number of nitrogens with zero attached hydrogens (tertiary/aromatic N) is 2. The van der Waals surface area contributed by atoms with Crippen LogP contribution in [-0.2, 0) is 16.1 Å². The summed E-state index contributed by atoms with van der Waals surface area (Å²) in [6, 6.07) is 7.97. The highest BCUT2D eigenvalue weighted by Crippen LogP contribution is 2.27. The molecule has 20 heavy (non-hydrogen) atoms. The van der Waals surface area contributed by atoms with Crippen LogP contribution in [0, 0.1) is 0 Å². The minimum absolute atomic E-state index is 0.000322. The molecule has 0 saturated heterocycles. The first-order valence-electron chi connectivity index (χ1n) is 6.49. The van der Waals surface area contributed by atoms with Crippen molar-refractivity contribution in [1.82, 2.24) is 14.9 Å². The Labute approximate surface area is 122 Å². The van der Waals surface area contributed by atoms with Crippen LogP contribution in [0.1, 0.15) is 6.92 Å². The highest BCUT2D eigenvalue weighted by atomic mass is 32.2. The van der Waals surface area contributed by atoms with Gasteiger partial charge in [-0.3, -0.25) is 4.79 Å². The van der Waals surface area contributed by atoms with Crippen molar-refractivity contribution in [3.05, 3.63) is 24.3 Å². The zero-order valence-corrected chi connectivity index (χ0v) is 12.7. The van der Waals surface area contributed by atoms with E-state index in [9.17, 15) is 4.79 Å². The molecule has 0 radical (unpaired) electrons. The molecule has 0 fully saturated rings. The number of methoxy groups -OCH3 is 1. The molecule has 2 rings (SSSR count). The number of hydrogen-bond donors (Lipinski definition) is 1. The van der Waals surface area contributed by atoms with Crippen molar-refractivity contribution in [3.63, 3.8) is 0 Å². The van der Waals surface area contributed by atoms with Gasteiger partial charge in [0.25, 0.3) is 0 Å². The van der Waals surface area contributed by atoms with E-state index in [0.29, 0.717) is 6.61 Å². The molecule has 6 heteroatoms. The van der Waals surface area contributed by atoms with Crippen molar-refractivity contribution in [1.29, 1.82) is 0 Å². The van der Waals surface area contributed by atoms with E-state index < -0.39 is 0 Å². The Bertz CT molecular complexity index is 597. The van der Waals surface area contributed by atoms with E-state index in [0.717, 1.165) is 22.7 Å². The topological polar surface area (TPSA) is 56.2 Å². The fourth-order valence-electron chi connectivity index (χ4n) is 1.96. The second-order valence-electron chi connectivity index (χ2n) is 4.40. The van der Waals surface area contributed by atoms with Gasteiger partial charge in [0.2, 0.25) is 5.91 Å². The normalized spacial score (nSPS) is 12.6. The van der Waals surface area contributed by atoms with Crippen LogP contribution in [0.25, 0.3) is 11.0 Å². The lowest BCUT2D eigenvalue weighted by atomic mass is 10.3. The number of carbonyl (C=O) groups excluding carboxylic acids is 1. The molecule has 1 atom stereocenters. The van der Waals surface area contributed by atoms with Crippen molar-refractivity contribution in [3.8, 4) is 0 Å². The van der Waals surface area contributed by atoms with Crippen molar-refractivity contribution in [2.45, 2.75) is 23.9 Å². The third-order valence-electron chi connectivity index (χ3n) is 3.04. The summed E-state index contributed by atoms with van der Waals surface area (Å²) < 4.78 is 7.26. The first-order chi connectivity index (χ1) is 9.67. The van der Waals surface area contributed by atoms with Gasteiger partial charge in [-0.05, 0) is 19.1 Å². The third kappa shape index (κ3) is 3.13. The fraction of sp³-hybridized carbons (Fsp3) is 0.429. The molecule has 108 valence electrons. The summed E-state index contributed by atoms with van der Waals surface area (Å²) in [6.07, 6.45) is 0. The average molecular weight is 293 g/mol. The largest absolute Gasteiger partial charge is 0.383 e. The van der Waals surface area contributed by atoms with Gasteiger partial charge in [-0.1, -0.05) is 23.9 Å². The molecule has 0 aliphatic carbocycles. The van der Waals surface area contributed by atoms with Crippen LogP contribution in [0.3, 0.4) is 0 Å². The number of hydrogen-bond acceptors (Lipinski definition) is 4. The molecule has 0 saturated carbocycles. The second kappa shape index (κ2) is 6.76. The summed E-state index contributed by atoms with van der Waals surface area (Å²) in [4.78, 5) is 16.3. The van der Waals surface area contributed by atoms with Gasteiger partial charge in [-0.2, -0.15) is 0 Å². The fourth-order valence-corrected chi connectivity index (χ4v) is 2.97. The summed E-state index contributed by atoms with van der Waals surface area (Å²) in [7, 11) is 3.33. The molecule has 0 spiro atoms. The van der Waals surface area contributed by atoms with Crippen molar-refractivity contribution in [2.24, 2.45) is 0 Å². The predicted octanol–water partition coefficient (Wildman–Crippen LogP) is 1.91. The Morgan fingerprint density at radius 1 is 1.50 bits per heavy atom. The quantitative estimate of drug-likeness (QED) is 0.827. The summed E-state index contributed by atoms with van der Waals surface area (Å²) in [5.74, 6) is 0.000322. The third-order valence-corrected chi connectivity index (χ3v) is 4.13. The van der Waals surface area contributed by atoms with Crippen LogP contribution in [-0.4, -0.2) is 41.5 Å². The van der Waals surface area contributed by atoms with E-state index in [4.69, 9.17) is 4.74 Å². The number of amides is 1. The molecular formula is C14H19N3O2S. The van der Waals surface area contributed by atoms with Gasteiger partial charge >= 0.3 is 0 Å². The van der Waals surface area contributed by atoms with Gasteiger partial charge in [-0.15, -0.1) is 0 Å². The molecular weight excluding hydrogens is 274 g/mol. The van der Waals surface area contributed by atoms with Crippen molar-refractivity contribution < 1.29 is 9.53 Å². The Morgan fingerprint density at radius 2 is 2.25 bits per heavy atom. The number of nitrogens with one attached hydrogen (secondary N) is 1. The van der Waals surface area contributed by atoms with E-state index in [1.54, 1.807) is 14.2 Å². The second-order valence-corrected chi connectivity index (χ2v) is 5.71. The summed E-state index contributed by atoms with van der Waals surface area (Å²) in [5, 5.41) is 3.32. The van der Waals surface area contributed by atoms with E-state index >= 15 is 0 Å². The molecule has 1 aromatic carbocycles. The monoisotopic (exact) mass is 293 g/mol. The lowest BCUT2D eigenvalue weighted by Gasteiger charge is -2.11. The Balaban J connectivity index is 2.33. The van der Waals surface area contributed by atoms with Gasteiger partial charge in [-0.25, -0.2) is 4.98 Å². The van der Waals surface area contributed by atoms with Crippen LogP contribution in [0.5, 0.6) is 0 Å². The SMILES string of the molecule is CNC(=O)C(C)Sc1nc2ccccc2n1CCOC. The van der Waals surface area contributed by atoms with E-state index in [-0.39, 0.29) is 11.2 Å². The number of carbonyl (C=O) groups is 1. The minimum atomic E-state index is -0.182. The average Bonchev–Trinajstić information content (AvgIpc) is 2.81. The van der Waals surface area contributed by atoms with Crippen molar-refractivity contribution in [2.75, 3.05) is 20.8 Å². The number of fused-ring (bicyclic) bond motifs is 1. The molecule has 2 aromatic rings. The van der Waals surface area contributed by atoms with Gasteiger partial charge in [0.15, 0.2) is 5.16 Å². The number of imidazole rings is 1. The number of benzene rings is 1. The highest BCUT2D eigenvalue weighted by molar-refractivity contribution is 8.00. The molecule has 1 amide bonds. The molecule has 0 aliphatic heterocycles. The molecule has 0 bridgehead atoms. The Morgan fingerprint density at radius 3 is 2.95 bits per heavy atom. The van der Waals surface area contributed by atoms with Crippen LogP contribution in [0.4, 0.5) is 0 Å². The maximum Gasteiger partial charge on any atom is 0.233 e. The molecule has 1 N–H and O–H groups in total. The van der Waals surface area contributed by atoms with Gasteiger partial charge in [0.05, 0.1) is 22.9 Å².